The molecule has 2 amide bonds. The van der Waals surface area contributed by atoms with Gasteiger partial charge in [-0.1, -0.05) is 41.9 Å². The van der Waals surface area contributed by atoms with Crippen molar-refractivity contribution >= 4 is 29.1 Å². The molecule has 2 aromatic rings. The Morgan fingerprint density at radius 1 is 1.08 bits per heavy atom. The highest BCUT2D eigenvalue weighted by Crippen LogP contribution is 2.36. The van der Waals surface area contributed by atoms with Gasteiger partial charge in [0.05, 0.1) is 37.4 Å². The predicted molar refractivity (Wildman–Crippen MR) is 101 cm³/mol. The number of hydrogen-bond acceptors (Lipinski definition) is 4. The van der Waals surface area contributed by atoms with Gasteiger partial charge in [-0.3, -0.25) is 9.59 Å². The molecular formula is C19H21ClN2O4. The minimum atomic E-state index is -0.436. The molecule has 0 spiro atoms. The Kier molecular flexibility index (Phi) is 6.86. The van der Waals surface area contributed by atoms with Gasteiger partial charge in [-0.05, 0) is 5.56 Å². The quantitative estimate of drug-likeness (QED) is 0.774. The molecule has 0 fully saturated rings. The first-order valence-electron chi connectivity index (χ1n) is 7.98. The highest BCUT2D eigenvalue weighted by atomic mass is 35.5. The summed E-state index contributed by atoms with van der Waals surface area (Å²) >= 11 is 6.07. The number of anilines is 1. The lowest BCUT2D eigenvalue weighted by molar-refractivity contribution is -0.120. The maximum atomic E-state index is 12.5. The van der Waals surface area contributed by atoms with Crippen LogP contribution in [-0.2, 0) is 9.59 Å². The van der Waals surface area contributed by atoms with Gasteiger partial charge in [0.2, 0.25) is 11.8 Å². The largest absolute Gasteiger partial charge is 0.495 e. The van der Waals surface area contributed by atoms with Crippen LogP contribution in [0.15, 0.2) is 42.5 Å². The number of ether oxygens (including phenoxy) is 2. The first-order chi connectivity index (χ1) is 12.4. The third-order valence-electron chi connectivity index (χ3n) is 3.72. The smallest absolute Gasteiger partial charge is 0.226 e. The minimum absolute atomic E-state index is 0.0672. The van der Waals surface area contributed by atoms with Crippen LogP contribution in [0.5, 0.6) is 11.5 Å². The van der Waals surface area contributed by atoms with E-state index in [-0.39, 0.29) is 18.2 Å². The summed E-state index contributed by atoms with van der Waals surface area (Å²) in [6.45, 7) is 1.42. The molecule has 2 rings (SSSR count). The van der Waals surface area contributed by atoms with Gasteiger partial charge in [-0.15, -0.1) is 0 Å². The zero-order chi connectivity index (χ0) is 19.1. The molecule has 0 saturated heterocycles. The fourth-order valence-corrected chi connectivity index (χ4v) is 2.76. The standard InChI is InChI=1S/C19H21ClN2O4/c1-12(23)21-15(13-7-5-4-6-8-13)11-19(24)22-16-10-17(25-2)14(20)9-18(16)26-3/h4-10,15H,11H2,1-3H3,(H,21,23)(H,22,24)/t15-/m1/s1. The number of nitrogens with one attached hydrogen (secondary N) is 2. The van der Waals surface area contributed by atoms with Gasteiger partial charge in [-0.25, -0.2) is 0 Å². The Labute approximate surface area is 157 Å². The number of carbonyl (C=O) groups excluding carboxylic acids is 2. The van der Waals surface area contributed by atoms with Crippen LogP contribution in [0.2, 0.25) is 5.02 Å². The number of carbonyl (C=O) groups is 2. The predicted octanol–water partition coefficient (Wildman–Crippen LogP) is 3.56. The summed E-state index contributed by atoms with van der Waals surface area (Å²) in [4.78, 5) is 24.0. The van der Waals surface area contributed by atoms with E-state index in [1.807, 2.05) is 30.3 Å². The summed E-state index contributed by atoms with van der Waals surface area (Å²) < 4.78 is 10.4. The SMILES string of the molecule is COc1cc(NC(=O)C[C@@H](NC(C)=O)c2ccccc2)c(OC)cc1Cl. The van der Waals surface area contributed by atoms with E-state index in [2.05, 4.69) is 10.6 Å². The van der Waals surface area contributed by atoms with Crippen molar-refractivity contribution in [2.45, 2.75) is 19.4 Å². The highest BCUT2D eigenvalue weighted by Gasteiger charge is 2.19. The van der Waals surface area contributed by atoms with Gasteiger partial charge in [0.1, 0.15) is 11.5 Å². The molecule has 0 bridgehead atoms. The van der Waals surface area contributed by atoms with Crippen LogP contribution in [-0.4, -0.2) is 26.0 Å². The van der Waals surface area contributed by atoms with E-state index in [9.17, 15) is 9.59 Å². The molecule has 0 unspecified atom stereocenters. The van der Waals surface area contributed by atoms with E-state index in [4.69, 9.17) is 21.1 Å². The van der Waals surface area contributed by atoms with Crippen LogP contribution >= 0.6 is 11.6 Å². The van der Waals surface area contributed by atoms with E-state index in [0.29, 0.717) is 22.2 Å². The van der Waals surface area contributed by atoms with Crippen molar-refractivity contribution in [3.63, 3.8) is 0 Å². The van der Waals surface area contributed by atoms with Gasteiger partial charge in [-0.2, -0.15) is 0 Å². The van der Waals surface area contributed by atoms with E-state index < -0.39 is 6.04 Å². The zero-order valence-electron chi connectivity index (χ0n) is 14.8. The first-order valence-corrected chi connectivity index (χ1v) is 8.35. The monoisotopic (exact) mass is 376 g/mol. The fourth-order valence-electron chi connectivity index (χ4n) is 2.53. The molecule has 0 aliphatic heterocycles. The van der Waals surface area contributed by atoms with E-state index >= 15 is 0 Å². The van der Waals surface area contributed by atoms with Crippen molar-refractivity contribution in [2.75, 3.05) is 19.5 Å². The summed E-state index contributed by atoms with van der Waals surface area (Å²) in [6.07, 6.45) is 0.0672. The summed E-state index contributed by atoms with van der Waals surface area (Å²) in [5.41, 5.74) is 1.28. The van der Waals surface area contributed by atoms with Crippen molar-refractivity contribution in [3.8, 4) is 11.5 Å². The van der Waals surface area contributed by atoms with Crippen molar-refractivity contribution in [3.05, 3.63) is 53.1 Å². The van der Waals surface area contributed by atoms with Crippen molar-refractivity contribution in [1.29, 1.82) is 0 Å². The Morgan fingerprint density at radius 2 is 1.73 bits per heavy atom. The highest BCUT2D eigenvalue weighted by molar-refractivity contribution is 6.32. The molecule has 26 heavy (non-hydrogen) atoms. The molecule has 6 nitrogen and oxygen atoms in total. The molecule has 0 heterocycles. The second kappa shape index (κ2) is 9.10. The van der Waals surface area contributed by atoms with E-state index in [0.717, 1.165) is 5.56 Å². The Morgan fingerprint density at radius 3 is 2.31 bits per heavy atom. The summed E-state index contributed by atoms with van der Waals surface area (Å²) in [5, 5.41) is 5.96. The molecule has 0 aliphatic rings. The molecular weight excluding hydrogens is 356 g/mol. The number of rotatable bonds is 7. The third kappa shape index (κ3) is 5.13. The summed E-state index contributed by atoms with van der Waals surface area (Å²) in [5.74, 6) is 0.344. The van der Waals surface area contributed by atoms with Gasteiger partial charge in [0.15, 0.2) is 0 Å². The number of amides is 2. The summed E-state index contributed by atoms with van der Waals surface area (Å²) in [7, 11) is 2.97. The van der Waals surface area contributed by atoms with Crippen molar-refractivity contribution < 1.29 is 19.1 Å². The lowest BCUT2D eigenvalue weighted by atomic mass is 10.0. The Hall–Kier alpha value is -2.73. The van der Waals surface area contributed by atoms with E-state index in [1.54, 1.807) is 12.1 Å². The molecule has 0 aliphatic carbocycles. The van der Waals surface area contributed by atoms with E-state index in [1.165, 1.54) is 21.1 Å². The number of halogens is 1. The number of methoxy groups -OCH3 is 2. The van der Waals surface area contributed by atoms with Crippen LogP contribution in [0.25, 0.3) is 0 Å². The van der Waals surface area contributed by atoms with Crippen molar-refractivity contribution in [2.24, 2.45) is 0 Å². The Balaban J connectivity index is 2.19. The second-order valence-corrected chi connectivity index (χ2v) is 6.01. The van der Waals surface area contributed by atoms with Gasteiger partial charge < -0.3 is 20.1 Å². The normalized spacial score (nSPS) is 11.4. The average Bonchev–Trinajstić information content (AvgIpc) is 2.62. The molecule has 0 aromatic heterocycles. The molecule has 7 heteroatoms. The molecule has 2 aromatic carbocycles. The van der Waals surface area contributed by atoms with Crippen LogP contribution < -0.4 is 20.1 Å². The van der Waals surface area contributed by atoms with Crippen LogP contribution in [0, 0.1) is 0 Å². The lowest BCUT2D eigenvalue weighted by Gasteiger charge is -2.19. The average molecular weight is 377 g/mol. The maximum Gasteiger partial charge on any atom is 0.226 e. The van der Waals surface area contributed by atoms with Gasteiger partial charge in [0.25, 0.3) is 0 Å². The zero-order valence-corrected chi connectivity index (χ0v) is 15.6. The van der Waals surface area contributed by atoms with Gasteiger partial charge >= 0.3 is 0 Å². The number of hydrogen-bond donors (Lipinski definition) is 2. The minimum Gasteiger partial charge on any atom is -0.495 e. The second-order valence-electron chi connectivity index (χ2n) is 5.60. The summed E-state index contributed by atoms with van der Waals surface area (Å²) in [6, 6.07) is 12.0. The third-order valence-corrected chi connectivity index (χ3v) is 4.01. The van der Waals surface area contributed by atoms with Crippen LogP contribution in [0.4, 0.5) is 5.69 Å². The molecule has 1 atom stereocenters. The van der Waals surface area contributed by atoms with Crippen LogP contribution in [0.1, 0.15) is 24.9 Å². The van der Waals surface area contributed by atoms with Gasteiger partial charge in [0, 0.05) is 19.1 Å². The van der Waals surface area contributed by atoms with Crippen molar-refractivity contribution in [1.82, 2.24) is 5.32 Å². The molecule has 138 valence electrons. The molecule has 0 saturated carbocycles. The maximum absolute atomic E-state index is 12.5. The topological polar surface area (TPSA) is 76.7 Å². The molecule has 2 N–H and O–H groups in total. The number of benzene rings is 2. The molecule has 0 radical (unpaired) electrons. The first kappa shape index (κ1) is 19.6. The fraction of sp³-hybridized carbons (Fsp3) is 0.263. The van der Waals surface area contributed by atoms with Crippen LogP contribution in [0.3, 0.4) is 0 Å². The lowest BCUT2D eigenvalue weighted by Crippen LogP contribution is -2.29. The Bertz CT molecular complexity index is 781.